The zero-order valence-electron chi connectivity index (χ0n) is 13.3. The Bertz CT molecular complexity index is 433. The van der Waals surface area contributed by atoms with Gasteiger partial charge < -0.3 is 20.5 Å². The molecular formula is C16H28N2O3. The first-order valence-electron chi connectivity index (χ1n) is 8.12. The van der Waals surface area contributed by atoms with Crippen molar-refractivity contribution in [2.24, 2.45) is 23.0 Å². The fraction of sp³-hybridized carbons (Fsp3) is 0.938. The second kappa shape index (κ2) is 4.93. The number of fused-ring (bicyclic) bond motifs is 1. The first kappa shape index (κ1) is 15.3. The summed E-state index contributed by atoms with van der Waals surface area (Å²) < 4.78 is 5.86. The lowest BCUT2D eigenvalue weighted by Gasteiger charge is -2.65. The molecule has 3 atom stereocenters. The van der Waals surface area contributed by atoms with Crippen LogP contribution in [0.3, 0.4) is 0 Å². The number of hydrogen-bond acceptors (Lipinski definition) is 4. The number of aliphatic hydroxyl groups is 1. The van der Waals surface area contributed by atoms with Crippen molar-refractivity contribution in [3.8, 4) is 0 Å². The summed E-state index contributed by atoms with van der Waals surface area (Å²) >= 11 is 0. The predicted molar refractivity (Wildman–Crippen MR) is 79.5 cm³/mol. The molecule has 1 heterocycles. The lowest BCUT2D eigenvalue weighted by molar-refractivity contribution is -0.230. The van der Waals surface area contributed by atoms with Gasteiger partial charge in [-0.05, 0) is 31.6 Å². The van der Waals surface area contributed by atoms with E-state index in [1.54, 1.807) is 4.90 Å². The normalized spacial score (nSPS) is 44.2. The van der Waals surface area contributed by atoms with Crippen LogP contribution in [0.25, 0.3) is 0 Å². The summed E-state index contributed by atoms with van der Waals surface area (Å²) in [5, 5.41) is 9.38. The number of aliphatic hydroxyl groups excluding tert-OH is 1. The number of carbonyl (C=O) groups is 1. The van der Waals surface area contributed by atoms with Gasteiger partial charge in [0, 0.05) is 31.5 Å². The van der Waals surface area contributed by atoms with E-state index in [1.807, 2.05) is 7.05 Å². The fourth-order valence-corrected chi connectivity index (χ4v) is 4.65. The van der Waals surface area contributed by atoms with Crippen LogP contribution in [-0.2, 0) is 9.53 Å². The molecule has 1 amide bonds. The molecule has 0 bridgehead atoms. The summed E-state index contributed by atoms with van der Waals surface area (Å²) in [5.41, 5.74) is 5.49. The van der Waals surface area contributed by atoms with E-state index in [9.17, 15) is 9.90 Å². The van der Waals surface area contributed by atoms with Crippen molar-refractivity contribution in [3.05, 3.63) is 0 Å². The Morgan fingerprint density at radius 2 is 2.10 bits per heavy atom. The number of amides is 1. The molecule has 3 aliphatic rings. The lowest BCUT2D eigenvalue weighted by atomic mass is 9.46. The van der Waals surface area contributed by atoms with E-state index < -0.39 is 5.54 Å². The minimum Gasteiger partial charge on any atom is -0.393 e. The molecule has 2 saturated carbocycles. The minimum atomic E-state index is -0.810. The van der Waals surface area contributed by atoms with Crippen molar-refractivity contribution in [2.45, 2.75) is 57.3 Å². The molecule has 0 radical (unpaired) electrons. The highest BCUT2D eigenvalue weighted by Crippen LogP contribution is 2.57. The summed E-state index contributed by atoms with van der Waals surface area (Å²) in [4.78, 5) is 14.7. The van der Waals surface area contributed by atoms with Gasteiger partial charge in [-0.3, -0.25) is 4.79 Å². The van der Waals surface area contributed by atoms with E-state index in [4.69, 9.17) is 10.5 Å². The van der Waals surface area contributed by atoms with Crippen molar-refractivity contribution in [1.82, 2.24) is 4.90 Å². The number of rotatable bonds is 3. The maximum atomic E-state index is 13.0. The van der Waals surface area contributed by atoms with E-state index in [2.05, 4.69) is 13.8 Å². The number of nitrogens with two attached hydrogens (primary N) is 1. The second-order valence-electron chi connectivity index (χ2n) is 7.81. The minimum absolute atomic E-state index is 0.0423. The fourth-order valence-electron chi connectivity index (χ4n) is 4.65. The monoisotopic (exact) mass is 296 g/mol. The third-order valence-electron chi connectivity index (χ3n) is 6.13. The van der Waals surface area contributed by atoms with Crippen molar-refractivity contribution < 1.29 is 14.6 Å². The van der Waals surface area contributed by atoms with Gasteiger partial charge in [0.15, 0.2) is 0 Å². The van der Waals surface area contributed by atoms with Gasteiger partial charge in [-0.25, -0.2) is 0 Å². The van der Waals surface area contributed by atoms with Crippen LogP contribution in [0.4, 0.5) is 0 Å². The molecule has 1 saturated heterocycles. The molecule has 2 aliphatic carbocycles. The number of likely N-dealkylation sites (N-methyl/N-ethyl adjacent to an activating group) is 1. The van der Waals surface area contributed by atoms with Crippen LogP contribution in [0, 0.1) is 17.3 Å². The smallest absolute Gasteiger partial charge is 0.243 e. The topological polar surface area (TPSA) is 75.8 Å². The summed E-state index contributed by atoms with van der Waals surface area (Å²) in [7, 11) is 1.84. The highest BCUT2D eigenvalue weighted by atomic mass is 16.5. The summed E-state index contributed by atoms with van der Waals surface area (Å²) in [5.74, 6) is 0.600. The average Bonchev–Trinajstić information content (AvgIpc) is 2.43. The molecular weight excluding hydrogens is 268 g/mol. The van der Waals surface area contributed by atoms with E-state index in [1.165, 1.54) is 0 Å². The first-order valence-corrected chi connectivity index (χ1v) is 8.12. The molecule has 3 fully saturated rings. The van der Waals surface area contributed by atoms with Gasteiger partial charge in [0.25, 0.3) is 0 Å². The van der Waals surface area contributed by atoms with Crippen LogP contribution in [-0.4, -0.2) is 53.9 Å². The third kappa shape index (κ3) is 2.05. The lowest BCUT2D eigenvalue weighted by Crippen LogP contribution is -2.82. The molecule has 5 nitrogen and oxygen atoms in total. The number of nitrogens with zero attached hydrogens (tertiary/aromatic N) is 1. The molecule has 120 valence electrons. The van der Waals surface area contributed by atoms with Crippen LogP contribution in [0.5, 0.6) is 0 Å². The van der Waals surface area contributed by atoms with E-state index in [0.717, 1.165) is 32.3 Å². The zero-order chi connectivity index (χ0) is 15.4. The van der Waals surface area contributed by atoms with Crippen LogP contribution < -0.4 is 5.73 Å². The maximum Gasteiger partial charge on any atom is 0.243 e. The Morgan fingerprint density at radius 1 is 1.43 bits per heavy atom. The molecule has 0 aromatic carbocycles. The predicted octanol–water partition coefficient (Wildman–Crippen LogP) is 0.748. The Hall–Kier alpha value is -0.650. The Balaban J connectivity index is 1.70. The van der Waals surface area contributed by atoms with Crippen molar-refractivity contribution in [3.63, 3.8) is 0 Å². The van der Waals surface area contributed by atoms with Crippen molar-refractivity contribution in [2.75, 3.05) is 20.2 Å². The van der Waals surface area contributed by atoms with Crippen molar-refractivity contribution in [1.29, 1.82) is 0 Å². The quantitative estimate of drug-likeness (QED) is 0.806. The van der Waals surface area contributed by atoms with Gasteiger partial charge in [-0.1, -0.05) is 13.8 Å². The molecule has 1 aliphatic heterocycles. The van der Waals surface area contributed by atoms with E-state index >= 15 is 0 Å². The molecule has 3 unspecified atom stereocenters. The second-order valence-corrected chi connectivity index (χ2v) is 7.81. The summed E-state index contributed by atoms with van der Waals surface area (Å²) in [6.07, 6.45) is 3.50. The highest BCUT2D eigenvalue weighted by molar-refractivity contribution is 5.89. The van der Waals surface area contributed by atoms with Gasteiger partial charge in [0.05, 0.1) is 12.2 Å². The number of carbonyl (C=O) groups excluding carboxylic acids is 1. The molecule has 0 spiro atoms. The first-order chi connectivity index (χ1) is 9.78. The SMILES string of the molecule is CN(CC1CC(O)C1)C(=O)C1(N)C2CCCOC2C1(C)C. The standard InChI is InChI=1S/C16H28N2O3/c1-15(2)13-12(5-4-6-21-13)16(15,17)14(20)18(3)9-10-7-11(19)8-10/h10-13,19H,4-9,17H2,1-3H3. The van der Waals surface area contributed by atoms with Crippen LogP contribution >= 0.6 is 0 Å². The van der Waals surface area contributed by atoms with Crippen LogP contribution in [0.1, 0.15) is 39.5 Å². The average molecular weight is 296 g/mol. The van der Waals surface area contributed by atoms with Crippen molar-refractivity contribution >= 4 is 5.91 Å². The Morgan fingerprint density at radius 3 is 2.71 bits per heavy atom. The third-order valence-corrected chi connectivity index (χ3v) is 6.13. The van der Waals surface area contributed by atoms with Gasteiger partial charge >= 0.3 is 0 Å². The van der Waals surface area contributed by atoms with Gasteiger partial charge in [0.1, 0.15) is 5.54 Å². The highest BCUT2D eigenvalue weighted by Gasteiger charge is 2.70. The molecule has 0 aromatic rings. The van der Waals surface area contributed by atoms with Gasteiger partial charge in [-0.15, -0.1) is 0 Å². The summed E-state index contributed by atoms with van der Waals surface area (Å²) in [6.45, 7) is 5.59. The maximum absolute atomic E-state index is 13.0. The summed E-state index contributed by atoms with van der Waals surface area (Å²) in [6, 6.07) is 0. The molecule has 3 rings (SSSR count). The Labute approximate surface area is 126 Å². The molecule has 0 aromatic heterocycles. The van der Waals surface area contributed by atoms with Crippen LogP contribution in [0.2, 0.25) is 0 Å². The van der Waals surface area contributed by atoms with Gasteiger partial charge in [0.2, 0.25) is 5.91 Å². The number of hydrogen-bond donors (Lipinski definition) is 2. The van der Waals surface area contributed by atoms with Crippen LogP contribution in [0.15, 0.2) is 0 Å². The molecule has 3 N–H and O–H groups in total. The zero-order valence-corrected chi connectivity index (χ0v) is 13.3. The van der Waals surface area contributed by atoms with E-state index in [-0.39, 0.29) is 29.4 Å². The molecule has 5 heteroatoms. The van der Waals surface area contributed by atoms with Gasteiger partial charge in [-0.2, -0.15) is 0 Å². The largest absolute Gasteiger partial charge is 0.393 e. The Kier molecular flexibility index (Phi) is 3.58. The van der Waals surface area contributed by atoms with E-state index in [0.29, 0.717) is 12.5 Å². The molecule has 21 heavy (non-hydrogen) atoms. The number of ether oxygens (including phenoxy) is 1.